The van der Waals surface area contributed by atoms with Crippen molar-refractivity contribution in [2.24, 2.45) is 0 Å². The van der Waals surface area contributed by atoms with Gasteiger partial charge >= 0.3 is 6.03 Å². The van der Waals surface area contributed by atoms with Gasteiger partial charge in [-0.3, -0.25) is 0 Å². The topological polar surface area (TPSA) is 41.6 Å². The first kappa shape index (κ1) is 16.8. The molecule has 2 amide bonds. The van der Waals surface area contributed by atoms with E-state index in [0.29, 0.717) is 12.5 Å². The summed E-state index contributed by atoms with van der Waals surface area (Å²) < 4.78 is 5.15. The number of nitrogens with one attached hydrogen (secondary N) is 1. The van der Waals surface area contributed by atoms with Crippen molar-refractivity contribution < 1.29 is 9.53 Å². The molecule has 3 rings (SSSR count). The fourth-order valence-corrected chi connectivity index (χ4v) is 4.01. The van der Waals surface area contributed by atoms with Crippen LogP contribution < -0.4 is 10.1 Å². The van der Waals surface area contributed by atoms with Crippen LogP contribution in [0.1, 0.15) is 29.2 Å². The Morgan fingerprint density at radius 1 is 1.25 bits per heavy atom. The molecule has 1 aromatic heterocycles. The highest BCUT2D eigenvalue weighted by molar-refractivity contribution is 7.10. The van der Waals surface area contributed by atoms with E-state index in [2.05, 4.69) is 22.8 Å². The number of carbonyl (C=O) groups is 1. The lowest BCUT2D eigenvalue weighted by Gasteiger charge is -2.31. The Bertz CT molecular complexity index is 632. The maximum Gasteiger partial charge on any atom is 0.317 e. The number of thiophene rings is 1. The number of ether oxygens (including phenoxy) is 1. The quantitative estimate of drug-likeness (QED) is 0.894. The summed E-state index contributed by atoms with van der Waals surface area (Å²) in [5.74, 6) is 1.48. The standard InChI is InChI=1S/C19H24N2O2S/c1-23-17-6-4-15(5-7-17)8-11-20-19(22)21-12-9-16(10-13-21)18-3-2-14-24-18/h2-7,14,16H,8-13H2,1H3,(H,20,22). The fraction of sp³-hybridized carbons (Fsp3) is 0.421. The van der Waals surface area contributed by atoms with E-state index in [1.165, 1.54) is 10.4 Å². The molecule has 0 aliphatic carbocycles. The van der Waals surface area contributed by atoms with Crippen LogP contribution in [0.5, 0.6) is 5.75 Å². The number of methoxy groups -OCH3 is 1. The number of urea groups is 1. The molecule has 0 atom stereocenters. The zero-order valence-corrected chi connectivity index (χ0v) is 14.8. The van der Waals surface area contributed by atoms with Gasteiger partial charge in [0.05, 0.1) is 7.11 Å². The van der Waals surface area contributed by atoms with Gasteiger partial charge in [-0.15, -0.1) is 11.3 Å². The zero-order chi connectivity index (χ0) is 16.8. The van der Waals surface area contributed by atoms with Crippen molar-refractivity contribution in [1.29, 1.82) is 0 Å². The molecule has 1 aromatic carbocycles. The smallest absolute Gasteiger partial charge is 0.317 e. The van der Waals surface area contributed by atoms with Crippen LogP contribution in [0, 0.1) is 0 Å². The van der Waals surface area contributed by atoms with Crippen LogP contribution in [0.15, 0.2) is 41.8 Å². The average molecular weight is 344 g/mol. The minimum absolute atomic E-state index is 0.0631. The molecule has 128 valence electrons. The van der Waals surface area contributed by atoms with Crippen molar-refractivity contribution >= 4 is 17.4 Å². The van der Waals surface area contributed by atoms with E-state index in [-0.39, 0.29) is 6.03 Å². The van der Waals surface area contributed by atoms with E-state index in [4.69, 9.17) is 4.74 Å². The second-order valence-corrected chi connectivity index (χ2v) is 7.09. The Kier molecular flexibility index (Phi) is 5.75. The summed E-state index contributed by atoms with van der Waals surface area (Å²) in [6.45, 7) is 2.35. The predicted octanol–water partition coefficient (Wildman–Crippen LogP) is 3.89. The molecular formula is C19H24N2O2S. The number of benzene rings is 1. The third kappa shape index (κ3) is 4.29. The fourth-order valence-electron chi connectivity index (χ4n) is 3.11. The van der Waals surface area contributed by atoms with Gasteiger partial charge in [0, 0.05) is 24.5 Å². The van der Waals surface area contributed by atoms with Crippen molar-refractivity contribution in [3.05, 3.63) is 52.2 Å². The van der Waals surface area contributed by atoms with Gasteiger partial charge in [0.25, 0.3) is 0 Å². The summed E-state index contributed by atoms with van der Waals surface area (Å²) in [7, 11) is 1.66. The molecule has 2 aromatic rings. The summed E-state index contributed by atoms with van der Waals surface area (Å²) in [5, 5.41) is 5.17. The molecule has 5 heteroatoms. The Labute approximate surface area is 147 Å². The minimum Gasteiger partial charge on any atom is -0.497 e. The van der Waals surface area contributed by atoms with Crippen LogP contribution in [-0.4, -0.2) is 37.7 Å². The van der Waals surface area contributed by atoms with Gasteiger partial charge in [-0.05, 0) is 54.3 Å². The molecule has 0 unspecified atom stereocenters. The summed E-state index contributed by atoms with van der Waals surface area (Å²) in [6, 6.07) is 12.4. The highest BCUT2D eigenvalue weighted by atomic mass is 32.1. The first-order chi connectivity index (χ1) is 11.8. The maximum atomic E-state index is 12.3. The molecule has 1 aliphatic heterocycles. The molecule has 1 aliphatic rings. The number of likely N-dealkylation sites (tertiary alicyclic amines) is 1. The highest BCUT2D eigenvalue weighted by Gasteiger charge is 2.23. The number of rotatable bonds is 5. The van der Waals surface area contributed by atoms with E-state index < -0.39 is 0 Å². The third-order valence-electron chi connectivity index (χ3n) is 4.58. The molecule has 0 spiro atoms. The number of nitrogens with zero attached hydrogens (tertiary/aromatic N) is 1. The molecule has 1 saturated heterocycles. The maximum absolute atomic E-state index is 12.3. The van der Waals surface area contributed by atoms with E-state index in [0.717, 1.165) is 38.1 Å². The van der Waals surface area contributed by atoms with Crippen LogP contribution in [0.4, 0.5) is 4.79 Å². The monoisotopic (exact) mass is 344 g/mol. The lowest BCUT2D eigenvalue weighted by atomic mass is 9.95. The van der Waals surface area contributed by atoms with Gasteiger partial charge in [0.1, 0.15) is 5.75 Å². The number of hydrogen-bond acceptors (Lipinski definition) is 3. The molecule has 2 heterocycles. The molecule has 24 heavy (non-hydrogen) atoms. The highest BCUT2D eigenvalue weighted by Crippen LogP contribution is 2.30. The van der Waals surface area contributed by atoms with Crippen molar-refractivity contribution in [1.82, 2.24) is 10.2 Å². The third-order valence-corrected chi connectivity index (χ3v) is 5.61. The number of carbonyl (C=O) groups excluding carboxylic acids is 1. The molecule has 0 saturated carbocycles. The lowest BCUT2D eigenvalue weighted by Crippen LogP contribution is -2.44. The van der Waals surface area contributed by atoms with E-state index in [1.807, 2.05) is 40.5 Å². The van der Waals surface area contributed by atoms with Crippen LogP contribution in [-0.2, 0) is 6.42 Å². The average Bonchev–Trinajstić information content (AvgIpc) is 3.17. The zero-order valence-electron chi connectivity index (χ0n) is 14.0. The van der Waals surface area contributed by atoms with E-state index >= 15 is 0 Å². The first-order valence-corrected chi connectivity index (χ1v) is 9.33. The minimum atomic E-state index is 0.0631. The van der Waals surface area contributed by atoms with Gasteiger partial charge < -0.3 is 15.0 Å². The van der Waals surface area contributed by atoms with Crippen LogP contribution in [0.3, 0.4) is 0 Å². The predicted molar refractivity (Wildman–Crippen MR) is 98.0 cm³/mol. The van der Waals surface area contributed by atoms with Crippen molar-refractivity contribution in [2.75, 3.05) is 26.7 Å². The van der Waals surface area contributed by atoms with Gasteiger partial charge in [-0.1, -0.05) is 18.2 Å². The Hall–Kier alpha value is -2.01. The largest absolute Gasteiger partial charge is 0.497 e. The SMILES string of the molecule is COc1ccc(CCNC(=O)N2CCC(c3cccs3)CC2)cc1. The number of hydrogen-bond donors (Lipinski definition) is 1. The van der Waals surface area contributed by atoms with Gasteiger partial charge in [0.15, 0.2) is 0 Å². The number of amides is 2. The summed E-state index contributed by atoms with van der Waals surface area (Å²) >= 11 is 1.83. The number of piperidine rings is 1. The molecule has 0 bridgehead atoms. The molecule has 4 nitrogen and oxygen atoms in total. The van der Waals surface area contributed by atoms with Crippen molar-refractivity contribution in [3.63, 3.8) is 0 Å². The van der Waals surface area contributed by atoms with E-state index in [1.54, 1.807) is 7.11 Å². The second kappa shape index (κ2) is 8.20. The first-order valence-electron chi connectivity index (χ1n) is 8.45. The summed E-state index contributed by atoms with van der Waals surface area (Å²) in [6.07, 6.45) is 2.96. The Morgan fingerprint density at radius 3 is 2.62 bits per heavy atom. The van der Waals surface area contributed by atoms with Gasteiger partial charge in [-0.25, -0.2) is 4.79 Å². The Balaban J connectivity index is 1.39. The van der Waals surface area contributed by atoms with Crippen LogP contribution >= 0.6 is 11.3 Å². The molecular weight excluding hydrogens is 320 g/mol. The molecule has 1 fully saturated rings. The normalized spacial score (nSPS) is 15.3. The van der Waals surface area contributed by atoms with Gasteiger partial charge in [-0.2, -0.15) is 0 Å². The van der Waals surface area contributed by atoms with Crippen LogP contribution in [0.2, 0.25) is 0 Å². The molecule has 1 N–H and O–H groups in total. The second-order valence-electron chi connectivity index (χ2n) is 6.11. The lowest BCUT2D eigenvalue weighted by molar-refractivity contribution is 0.182. The van der Waals surface area contributed by atoms with Gasteiger partial charge in [0.2, 0.25) is 0 Å². The van der Waals surface area contributed by atoms with E-state index in [9.17, 15) is 4.79 Å². The van der Waals surface area contributed by atoms with Crippen molar-refractivity contribution in [3.8, 4) is 5.75 Å². The summed E-state index contributed by atoms with van der Waals surface area (Å²) in [5.41, 5.74) is 1.20. The Morgan fingerprint density at radius 2 is 2.00 bits per heavy atom. The summed E-state index contributed by atoms with van der Waals surface area (Å²) in [4.78, 5) is 15.7. The molecule has 0 radical (unpaired) electrons. The van der Waals surface area contributed by atoms with Crippen LogP contribution in [0.25, 0.3) is 0 Å². The van der Waals surface area contributed by atoms with Crippen molar-refractivity contribution in [2.45, 2.75) is 25.2 Å².